The first-order chi connectivity index (χ1) is 11.2. The summed E-state index contributed by atoms with van der Waals surface area (Å²) in [6.07, 6.45) is 1.79. The molecule has 2 N–H and O–H groups in total. The lowest BCUT2D eigenvalue weighted by Crippen LogP contribution is -2.55. The third-order valence-electron chi connectivity index (χ3n) is 4.79. The molecule has 2 aliphatic rings. The van der Waals surface area contributed by atoms with Gasteiger partial charge in [0.25, 0.3) is 0 Å². The fourth-order valence-corrected chi connectivity index (χ4v) is 3.10. The first kappa shape index (κ1) is 19.0. The zero-order chi connectivity index (χ0) is 17.8. The van der Waals surface area contributed by atoms with Crippen molar-refractivity contribution in [3.8, 4) is 0 Å². The molecule has 0 aliphatic carbocycles. The molecule has 7 nitrogen and oxygen atoms in total. The molecule has 0 aromatic rings. The summed E-state index contributed by atoms with van der Waals surface area (Å²) in [5.74, 6) is 0.129. The Bertz CT molecular complexity index is 447. The highest BCUT2D eigenvalue weighted by molar-refractivity contribution is 5.82. The molecule has 24 heavy (non-hydrogen) atoms. The second kappa shape index (κ2) is 7.70. The van der Waals surface area contributed by atoms with Crippen molar-refractivity contribution in [3.63, 3.8) is 0 Å². The van der Waals surface area contributed by atoms with Gasteiger partial charge in [-0.2, -0.15) is 0 Å². The van der Waals surface area contributed by atoms with E-state index in [1.165, 1.54) is 0 Å². The van der Waals surface area contributed by atoms with E-state index in [0.29, 0.717) is 65.2 Å². The second-order valence-electron chi connectivity index (χ2n) is 7.85. The van der Waals surface area contributed by atoms with Gasteiger partial charge in [-0.25, -0.2) is 4.79 Å². The van der Waals surface area contributed by atoms with Gasteiger partial charge in [0.1, 0.15) is 0 Å². The molecule has 2 saturated heterocycles. The molecule has 138 valence electrons. The van der Waals surface area contributed by atoms with E-state index < -0.39 is 5.60 Å². The van der Waals surface area contributed by atoms with E-state index >= 15 is 0 Å². The van der Waals surface area contributed by atoms with Crippen LogP contribution in [-0.2, 0) is 9.53 Å². The van der Waals surface area contributed by atoms with Crippen molar-refractivity contribution in [2.75, 3.05) is 45.9 Å². The second-order valence-corrected chi connectivity index (χ2v) is 7.85. The lowest BCUT2D eigenvalue weighted by molar-refractivity contribution is -0.140. The summed E-state index contributed by atoms with van der Waals surface area (Å²) in [6.45, 7) is 9.59. The number of amides is 3. The SMILES string of the molecule is CC(C)(C)C(=O)N1CCN(C(=O)NCCC2(O)CCOCC2)CC1. The van der Waals surface area contributed by atoms with Crippen molar-refractivity contribution >= 4 is 11.9 Å². The minimum atomic E-state index is -0.719. The van der Waals surface area contributed by atoms with Gasteiger partial charge in [0, 0.05) is 51.4 Å². The van der Waals surface area contributed by atoms with Crippen molar-refractivity contribution in [1.29, 1.82) is 0 Å². The van der Waals surface area contributed by atoms with E-state index in [-0.39, 0.29) is 17.4 Å². The Balaban J connectivity index is 1.70. The highest BCUT2D eigenvalue weighted by Crippen LogP contribution is 2.23. The van der Waals surface area contributed by atoms with Crippen LogP contribution in [0.1, 0.15) is 40.0 Å². The molecule has 2 heterocycles. The minimum Gasteiger partial charge on any atom is -0.390 e. The fraction of sp³-hybridized carbons (Fsp3) is 0.882. The average Bonchev–Trinajstić information content (AvgIpc) is 2.54. The van der Waals surface area contributed by atoms with Gasteiger partial charge in [-0.15, -0.1) is 0 Å². The van der Waals surface area contributed by atoms with Crippen LogP contribution in [0, 0.1) is 5.41 Å². The lowest BCUT2D eigenvalue weighted by atomic mass is 9.91. The van der Waals surface area contributed by atoms with Crippen LogP contribution in [0.5, 0.6) is 0 Å². The number of hydrogen-bond donors (Lipinski definition) is 2. The van der Waals surface area contributed by atoms with Crippen LogP contribution in [0.4, 0.5) is 4.79 Å². The molecule has 0 saturated carbocycles. The number of piperazine rings is 1. The van der Waals surface area contributed by atoms with Gasteiger partial charge in [0.05, 0.1) is 5.60 Å². The van der Waals surface area contributed by atoms with E-state index in [2.05, 4.69) is 5.32 Å². The molecule has 2 fully saturated rings. The van der Waals surface area contributed by atoms with Crippen LogP contribution >= 0.6 is 0 Å². The third-order valence-corrected chi connectivity index (χ3v) is 4.79. The number of nitrogens with one attached hydrogen (secondary N) is 1. The summed E-state index contributed by atoms with van der Waals surface area (Å²) in [7, 11) is 0. The molecule has 0 radical (unpaired) electrons. The monoisotopic (exact) mass is 341 g/mol. The van der Waals surface area contributed by atoms with Crippen molar-refractivity contribution in [3.05, 3.63) is 0 Å². The summed E-state index contributed by atoms with van der Waals surface area (Å²) in [5, 5.41) is 13.3. The molecular formula is C17H31N3O4. The van der Waals surface area contributed by atoms with Crippen LogP contribution in [0.2, 0.25) is 0 Å². The maximum Gasteiger partial charge on any atom is 0.317 e. The number of rotatable bonds is 3. The van der Waals surface area contributed by atoms with Crippen LogP contribution < -0.4 is 5.32 Å². The average molecular weight is 341 g/mol. The van der Waals surface area contributed by atoms with Gasteiger partial charge in [0.2, 0.25) is 5.91 Å². The van der Waals surface area contributed by atoms with Crippen LogP contribution in [-0.4, -0.2) is 78.4 Å². The topological polar surface area (TPSA) is 82.1 Å². The molecule has 3 amide bonds. The van der Waals surface area contributed by atoms with Crippen molar-refractivity contribution in [1.82, 2.24) is 15.1 Å². The molecule has 0 spiro atoms. The predicted molar refractivity (Wildman–Crippen MR) is 90.6 cm³/mol. The summed E-state index contributed by atoms with van der Waals surface area (Å²) < 4.78 is 5.25. The summed E-state index contributed by atoms with van der Waals surface area (Å²) in [5.41, 5.74) is -1.10. The molecule has 0 aromatic carbocycles. The van der Waals surface area contributed by atoms with Gasteiger partial charge in [-0.3, -0.25) is 4.79 Å². The quantitative estimate of drug-likeness (QED) is 0.796. The van der Waals surface area contributed by atoms with Crippen molar-refractivity contribution < 1.29 is 19.4 Å². The zero-order valence-corrected chi connectivity index (χ0v) is 15.1. The maximum absolute atomic E-state index is 12.2. The largest absolute Gasteiger partial charge is 0.390 e. The Morgan fingerprint density at radius 2 is 1.62 bits per heavy atom. The number of carbonyl (C=O) groups is 2. The Labute approximate surface area is 144 Å². The Kier molecular flexibility index (Phi) is 6.09. The molecule has 0 bridgehead atoms. The zero-order valence-electron chi connectivity index (χ0n) is 15.1. The van der Waals surface area contributed by atoms with Crippen molar-refractivity contribution in [2.45, 2.75) is 45.6 Å². The number of urea groups is 1. The minimum absolute atomic E-state index is 0.117. The van der Waals surface area contributed by atoms with E-state index in [4.69, 9.17) is 4.74 Å². The Morgan fingerprint density at radius 1 is 1.08 bits per heavy atom. The third kappa shape index (κ3) is 5.08. The van der Waals surface area contributed by atoms with Gasteiger partial charge < -0.3 is 25.0 Å². The van der Waals surface area contributed by atoms with Crippen LogP contribution in [0.3, 0.4) is 0 Å². The van der Waals surface area contributed by atoms with Crippen LogP contribution in [0.15, 0.2) is 0 Å². The summed E-state index contributed by atoms with van der Waals surface area (Å²) in [6, 6.07) is -0.117. The standard InChI is InChI=1S/C17H31N3O4/c1-16(2,3)14(21)19-8-10-20(11-9-19)15(22)18-7-4-17(23)5-12-24-13-6-17/h23H,4-13H2,1-3H3,(H,18,22). The molecule has 0 unspecified atom stereocenters. The highest BCUT2D eigenvalue weighted by Gasteiger charge is 2.32. The molecule has 7 heteroatoms. The van der Waals surface area contributed by atoms with Gasteiger partial charge in [-0.1, -0.05) is 20.8 Å². The van der Waals surface area contributed by atoms with E-state index in [9.17, 15) is 14.7 Å². The van der Waals surface area contributed by atoms with E-state index in [1.54, 1.807) is 4.90 Å². The molecule has 2 aliphatic heterocycles. The number of aliphatic hydroxyl groups is 1. The Morgan fingerprint density at radius 3 is 2.17 bits per heavy atom. The van der Waals surface area contributed by atoms with E-state index in [1.807, 2.05) is 25.7 Å². The predicted octanol–water partition coefficient (Wildman–Crippen LogP) is 0.818. The van der Waals surface area contributed by atoms with Gasteiger partial charge in [-0.05, 0) is 19.3 Å². The normalized spacial score (nSPS) is 21.5. The van der Waals surface area contributed by atoms with E-state index in [0.717, 1.165) is 0 Å². The number of nitrogens with zero attached hydrogens (tertiary/aromatic N) is 2. The maximum atomic E-state index is 12.2. The Hall–Kier alpha value is -1.34. The molecule has 2 rings (SSSR count). The number of carbonyl (C=O) groups excluding carboxylic acids is 2. The number of ether oxygens (including phenoxy) is 1. The highest BCUT2D eigenvalue weighted by atomic mass is 16.5. The lowest BCUT2D eigenvalue weighted by Gasteiger charge is -2.38. The first-order valence-electron chi connectivity index (χ1n) is 8.84. The molecular weight excluding hydrogens is 310 g/mol. The summed E-state index contributed by atoms with van der Waals surface area (Å²) in [4.78, 5) is 28.0. The van der Waals surface area contributed by atoms with Crippen LogP contribution in [0.25, 0.3) is 0 Å². The summed E-state index contributed by atoms with van der Waals surface area (Å²) >= 11 is 0. The smallest absolute Gasteiger partial charge is 0.317 e. The molecule has 0 atom stereocenters. The van der Waals surface area contributed by atoms with Crippen molar-refractivity contribution in [2.24, 2.45) is 5.41 Å². The molecule has 0 aromatic heterocycles. The van der Waals surface area contributed by atoms with Gasteiger partial charge in [0.15, 0.2) is 0 Å². The fourth-order valence-electron chi connectivity index (χ4n) is 3.10. The first-order valence-corrected chi connectivity index (χ1v) is 8.84. The van der Waals surface area contributed by atoms with Gasteiger partial charge >= 0.3 is 6.03 Å². The number of hydrogen-bond acceptors (Lipinski definition) is 4.